The zero-order valence-electron chi connectivity index (χ0n) is 19.8. The van der Waals surface area contributed by atoms with Gasteiger partial charge in [0.05, 0.1) is 12.2 Å². The lowest BCUT2D eigenvalue weighted by Crippen LogP contribution is -2.36. The molecular weight excluding hydrogens is 396 g/mol. The zero-order valence-corrected chi connectivity index (χ0v) is 19.8. The molecule has 1 aliphatic rings. The molecule has 0 bridgehead atoms. The van der Waals surface area contributed by atoms with Crippen LogP contribution in [0.3, 0.4) is 0 Å². The molecule has 0 aromatic carbocycles. The third kappa shape index (κ3) is 11.6. The summed E-state index contributed by atoms with van der Waals surface area (Å²) in [5.74, 6) is -1.12. The first-order valence-corrected chi connectivity index (χ1v) is 11.4. The molecule has 0 aromatic heterocycles. The molecule has 0 spiro atoms. The van der Waals surface area contributed by atoms with Crippen molar-refractivity contribution in [2.45, 2.75) is 102 Å². The second-order valence-corrected chi connectivity index (χ2v) is 8.44. The summed E-state index contributed by atoms with van der Waals surface area (Å²) in [6, 6.07) is 0. The smallest absolute Gasteiger partial charge is 0.330 e. The van der Waals surface area contributed by atoms with Crippen molar-refractivity contribution in [2.24, 2.45) is 0 Å². The molecule has 1 rings (SSSR count). The largest absolute Gasteiger partial charge is 0.460 e. The molecule has 0 N–H and O–H groups in total. The van der Waals surface area contributed by atoms with Gasteiger partial charge in [-0.15, -0.1) is 13.2 Å². The number of hydrogen-bond donors (Lipinski definition) is 0. The van der Waals surface area contributed by atoms with E-state index in [4.69, 9.17) is 23.7 Å². The van der Waals surface area contributed by atoms with Crippen LogP contribution in [0.25, 0.3) is 0 Å². The molecule has 1 saturated heterocycles. The Morgan fingerprint density at radius 2 is 1.81 bits per heavy atom. The number of carbonyl (C=O) groups is 1. The third-order valence-electron chi connectivity index (χ3n) is 5.08. The van der Waals surface area contributed by atoms with Gasteiger partial charge >= 0.3 is 5.97 Å². The highest BCUT2D eigenvalue weighted by atomic mass is 16.8. The first-order chi connectivity index (χ1) is 14.8. The summed E-state index contributed by atoms with van der Waals surface area (Å²) < 4.78 is 28.3. The molecule has 0 aromatic rings. The van der Waals surface area contributed by atoms with Gasteiger partial charge in [-0.25, -0.2) is 4.79 Å². The third-order valence-corrected chi connectivity index (χ3v) is 5.08. The van der Waals surface area contributed by atoms with Crippen LogP contribution in [-0.4, -0.2) is 50.1 Å². The van der Waals surface area contributed by atoms with E-state index in [1.807, 2.05) is 26.8 Å². The number of allylic oxidation sites excluding steroid dienone is 1. The molecule has 0 radical (unpaired) electrons. The van der Waals surface area contributed by atoms with Gasteiger partial charge in [0, 0.05) is 13.2 Å². The van der Waals surface area contributed by atoms with Crippen LogP contribution in [0.1, 0.15) is 72.1 Å². The summed E-state index contributed by atoms with van der Waals surface area (Å²) in [7, 11) is 1.55. The van der Waals surface area contributed by atoms with Crippen molar-refractivity contribution in [3.63, 3.8) is 0 Å². The van der Waals surface area contributed by atoms with Gasteiger partial charge in [-0.05, 0) is 59.0 Å². The van der Waals surface area contributed by atoms with Crippen LogP contribution >= 0.6 is 0 Å². The molecule has 0 unspecified atom stereocenters. The van der Waals surface area contributed by atoms with Gasteiger partial charge in [-0.1, -0.05) is 31.4 Å². The van der Waals surface area contributed by atoms with Crippen LogP contribution in [0.5, 0.6) is 0 Å². The second kappa shape index (κ2) is 15.4. The highest BCUT2D eigenvalue weighted by molar-refractivity contribution is 5.82. The lowest BCUT2D eigenvalue weighted by atomic mass is 10.0. The van der Waals surface area contributed by atoms with E-state index in [1.54, 1.807) is 19.3 Å². The van der Waals surface area contributed by atoms with Crippen molar-refractivity contribution in [1.82, 2.24) is 0 Å². The number of hydrogen-bond acceptors (Lipinski definition) is 6. The number of methoxy groups -OCH3 is 1. The summed E-state index contributed by atoms with van der Waals surface area (Å²) in [4.78, 5) is 12.3. The lowest BCUT2D eigenvalue weighted by molar-refractivity contribution is -0.163. The van der Waals surface area contributed by atoms with Gasteiger partial charge in [0.2, 0.25) is 0 Å². The average Bonchev–Trinajstić information content (AvgIpc) is 3.01. The van der Waals surface area contributed by atoms with Gasteiger partial charge in [-0.2, -0.15) is 0 Å². The van der Waals surface area contributed by atoms with Gasteiger partial charge in [0.1, 0.15) is 19.0 Å². The molecule has 0 amide bonds. The molecule has 31 heavy (non-hydrogen) atoms. The highest BCUT2D eigenvalue weighted by Crippen LogP contribution is 2.33. The van der Waals surface area contributed by atoms with Crippen LogP contribution in [0.2, 0.25) is 0 Å². The second-order valence-electron chi connectivity index (χ2n) is 8.44. The normalized spacial score (nSPS) is 22.3. The van der Waals surface area contributed by atoms with Crippen molar-refractivity contribution < 1.29 is 28.5 Å². The lowest BCUT2D eigenvalue weighted by Gasteiger charge is -2.24. The summed E-state index contributed by atoms with van der Waals surface area (Å²) in [5, 5.41) is 0. The molecule has 178 valence electrons. The van der Waals surface area contributed by atoms with E-state index in [0.717, 1.165) is 25.7 Å². The topological polar surface area (TPSA) is 63.2 Å². The standard InChI is InChI=1S/C25H42O6/c1-7-9-10-11-12-13-14-16-20(3)29-23(26)18-17-21(28-19-27-6)24-22(15-8-2)30-25(4,5)31-24/h7-8,17-18,20-22,24H,1-2,9-16,19H2,3-6H3/b18-17+/t20-,21+,22+,24+/m0/s1. The summed E-state index contributed by atoms with van der Waals surface area (Å²) in [5.41, 5.74) is 0. The maximum atomic E-state index is 12.3. The fourth-order valence-corrected chi connectivity index (χ4v) is 3.62. The molecule has 1 aliphatic heterocycles. The van der Waals surface area contributed by atoms with E-state index in [9.17, 15) is 4.79 Å². The van der Waals surface area contributed by atoms with E-state index in [2.05, 4.69) is 13.2 Å². The Labute approximate surface area is 188 Å². The molecular formula is C25H42O6. The predicted molar refractivity (Wildman–Crippen MR) is 123 cm³/mol. The van der Waals surface area contributed by atoms with Crippen LogP contribution < -0.4 is 0 Å². The molecule has 0 saturated carbocycles. The Balaban J connectivity index is 2.51. The van der Waals surface area contributed by atoms with E-state index < -0.39 is 11.9 Å². The van der Waals surface area contributed by atoms with Crippen LogP contribution in [-0.2, 0) is 28.5 Å². The van der Waals surface area contributed by atoms with Crippen molar-refractivity contribution in [1.29, 1.82) is 0 Å². The minimum absolute atomic E-state index is 0.0777. The van der Waals surface area contributed by atoms with Crippen LogP contribution in [0.4, 0.5) is 0 Å². The summed E-state index contributed by atoms with van der Waals surface area (Å²) in [6.07, 6.45) is 14.0. The Morgan fingerprint density at radius 3 is 2.48 bits per heavy atom. The first kappa shape index (κ1) is 27.6. The monoisotopic (exact) mass is 438 g/mol. The Bertz CT molecular complexity index is 556. The summed E-state index contributed by atoms with van der Waals surface area (Å²) >= 11 is 0. The van der Waals surface area contributed by atoms with Crippen molar-refractivity contribution >= 4 is 5.97 Å². The van der Waals surface area contributed by atoms with Gasteiger partial charge in [0.25, 0.3) is 0 Å². The minimum Gasteiger partial charge on any atom is -0.460 e. The maximum Gasteiger partial charge on any atom is 0.330 e. The van der Waals surface area contributed by atoms with E-state index in [1.165, 1.54) is 25.3 Å². The number of unbranched alkanes of at least 4 members (excludes halogenated alkanes) is 5. The Hall–Kier alpha value is -1.47. The van der Waals surface area contributed by atoms with Crippen LogP contribution in [0.15, 0.2) is 37.5 Å². The Morgan fingerprint density at radius 1 is 1.10 bits per heavy atom. The minimum atomic E-state index is -0.735. The molecule has 0 aliphatic carbocycles. The quantitative estimate of drug-likeness (QED) is 0.0985. The molecule has 6 nitrogen and oxygen atoms in total. The van der Waals surface area contributed by atoms with Crippen molar-refractivity contribution in [3.05, 3.63) is 37.5 Å². The zero-order chi connectivity index (χ0) is 23.1. The van der Waals surface area contributed by atoms with E-state index in [0.29, 0.717) is 6.42 Å². The maximum absolute atomic E-state index is 12.3. The van der Waals surface area contributed by atoms with Gasteiger partial charge in [-0.3, -0.25) is 0 Å². The van der Waals surface area contributed by atoms with E-state index in [-0.39, 0.29) is 31.1 Å². The van der Waals surface area contributed by atoms with E-state index >= 15 is 0 Å². The fraction of sp³-hybridized carbons (Fsp3) is 0.720. The number of esters is 1. The van der Waals surface area contributed by atoms with Gasteiger partial charge in [0.15, 0.2) is 5.79 Å². The van der Waals surface area contributed by atoms with Crippen molar-refractivity contribution in [3.8, 4) is 0 Å². The molecule has 1 fully saturated rings. The molecule has 4 atom stereocenters. The van der Waals surface area contributed by atoms with Crippen LogP contribution in [0, 0.1) is 0 Å². The van der Waals surface area contributed by atoms with Crippen molar-refractivity contribution in [2.75, 3.05) is 13.9 Å². The number of carbonyl (C=O) groups excluding carboxylic acids is 1. The number of ether oxygens (including phenoxy) is 5. The first-order valence-electron chi connectivity index (χ1n) is 11.4. The van der Waals surface area contributed by atoms with Gasteiger partial charge < -0.3 is 23.7 Å². The average molecular weight is 439 g/mol. The molecule has 1 heterocycles. The SMILES string of the molecule is C=CCCCCCCC[C@H](C)OC(=O)/C=C/[C@@H](OCOC)[C@H]1OC(C)(C)O[C@@H]1CC=C. The molecule has 6 heteroatoms. The number of rotatable bonds is 17. The highest BCUT2D eigenvalue weighted by Gasteiger charge is 2.44. The predicted octanol–water partition coefficient (Wildman–Crippen LogP) is 5.48. The summed E-state index contributed by atoms with van der Waals surface area (Å²) in [6.45, 7) is 13.2. The fourth-order valence-electron chi connectivity index (χ4n) is 3.62. The Kier molecular flexibility index (Phi) is 13.7.